The van der Waals surface area contributed by atoms with E-state index in [0.29, 0.717) is 49.0 Å². The summed E-state index contributed by atoms with van der Waals surface area (Å²) in [4.78, 5) is 25.3. The summed E-state index contributed by atoms with van der Waals surface area (Å²) in [6.07, 6.45) is 2.72. The number of ether oxygens (including phenoxy) is 2. The van der Waals surface area contributed by atoms with Crippen LogP contribution in [0.5, 0.6) is 5.75 Å². The number of morpholine rings is 1. The standard InChI is InChI=1S/C30H27B7N8O3/c1-5-19(46)39-14-12-15(17(47-4)13-16(14)44-8-10-48-11-9-44)40-30-38-7-6-18(41-30)45-29(37)21(28(36)43(2)3)27(42-45)20-22(31)24(33)26(35)25(34)23(20)32/h5-7,12-13,28H,1,8-11H2,2-4H3,(H,39,46)(H,38,40,41). The van der Waals surface area contributed by atoms with Gasteiger partial charge in [0.1, 0.15) is 52.8 Å². The molecule has 226 valence electrons. The second-order valence-electron chi connectivity index (χ2n) is 11.1. The second kappa shape index (κ2) is 14.5. The van der Waals surface area contributed by atoms with Gasteiger partial charge >= 0.3 is 0 Å². The molecule has 0 bridgehead atoms. The van der Waals surface area contributed by atoms with Gasteiger partial charge in [-0.15, -0.1) is 16.4 Å². The number of rotatable bonds is 10. The molecule has 0 aliphatic carbocycles. The molecule has 1 amide bonds. The van der Waals surface area contributed by atoms with E-state index in [2.05, 4.69) is 32.1 Å². The Labute approximate surface area is 289 Å². The Morgan fingerprint density at radius 1 is 1.04 bits per heavy atom. The lowest BCUT2D eigenvalue weighted by molar-refractivity contribution is -0.111. The van der Waals surface area contributed by atoms with Crippen molar-refractivity contribution in [3.05, 3.63) is 42.6 Å². The number of methoxy groups -OCH3 is 1. The van der Waals surface area contributed by atoms with Crippen LogP contribution in [0.25, 0.3) is 17.1 Å². The molecule has 2 N–H and O–H groups in total. The van der Waals surface area contributed by atoms with E-state index in [9.17, 15) is 4.79 Å². The number of benzene rings is 2. The quantitative estimate of drug-likeness (QED) is 0.138. The summed E-state index contributed by atoms with van der Waals surface area (Å²) in [5.41, 5.74) is 3.14. The van der Waals surface area contributed by atoms with E-state index in [-0.39, 0.29) is 61.8 Å². The number of nitrogens with zero attached hydrogens (tertiary/aromatic N) is 6. The average molecular weight is 623 g/mol. The van der Waals surface area contributed by atoms with Crippen LogP contribution in [-0.4, -0.2) is 133 Å². The fourth-order valence-electron chi connectivity index (χ4n) is 5.29. The maximum Gasteiger partial charge on any atom is 0.247 e. The maximum atomic E-state index is 12.4. The van der Waals surface area contributed by atoms with Gasteiger partial charge in [0.2, 0.25) is 11.9 Å². The molecule has 5 rings (SSSR count). The SMILES string of the molecule is [B]c1c([B])c([B])c(-c2nn(-c3ccnc(Nc4cc(NC(=O)C=C)c(N5CCOCC5)cc4OC)n3)c([B])c2C([B])N(C)C)c([B])c1[B]. The number of carbonyl (C=O) groups is 1. The molecular weight excluding hydrogens is 596 g/mol. The molecule has 1 fully saturated rings. The van der Waals surface area contributed by atoms with Gasteiger partial charge < -0.3 is 29.9 Å². The minimum Gasteiger partial charge on any atom is -0.494 e. The summed E-state index contributed by atoms with van der Waals surface area (Å²) in [7, 11) is 49.6. The molecule has 1 saturated heterocycles. The van der Waals surface area contributed by atoms with Gasteiger partial charge in [-0.3, -0.25) is 4.79 Å². The lowest BCUT2D eigenvalue weighted by Gasteiger charge is -2.31. The van der Waals surface area contributed by atoms with Crippen molar-refractivity contribution in [2.24, 2.45) is 0 Å². The molecule has 48 heavy (non-hydrogen) atoms. The first kappa shape index (κ1) is 35.0. The van der Waals surface area contributed by atoms with Gasteiger partial charge in [-0.05, 0) is 48.9 Å². The van der Waals surface area contributed by atoms with Gasteiger partial charge in [0.25, 0.3) is 0 Å². The molecule has 2 aromatic heterocycles. The van der Waals surface area contributed by atoms with Gasteiger partial charge in [0.05, 0.1) is 50.9 Å². The third kappa shape index (κ3) is 6.68. The Hall–Kier alpha value is -4.29. The highest BCUT2D eigenvalue weighted by molar-refractivity contribution is 6.68. The Morgan fingerprint density at radius 3 is 2.29 bits per heavy atom. The minimum absolute atomic E-state index is 0.0555. The lowest BCUT2D eigenvalue weighted by atomic mass is 9.59. The number of carbonyl (C=O) groups excluding carboxylic acids is 1. The fraction of sp³-hybridized carbons (Fsp3) is 0.267. The van der Waals surface area contributed by atoms with E-state index in [0.717, 1.165) is 5.69 Å². The first-order valence-electron chi connectivity index (χ1n) is 14.8. The van der Waals surface area contributed by atoms with Crippen molar-refractivity contribution in [1.29, 1.82) is 0 Å². The molecule has 1 aliphatic rings. The predicted octanol–water partition coefficient (Wildman–Crippen LogP) is -3.47. The third-order valence-electron chi connectivity index (χ3n) is 7.96. The van der Waals surface area contributed by atoms with Crippen molar-refractivity contribution in [2.75, 3.05) is 63.0 Å². The van der Waals surface area contributed by atoms with Crippen LogP contribution in [0.4, 0.5) is 23.0 Å². The average Bonchev–Trinajstić information content (AvgIpc) is 3.42. The number of anilines is 4. The minimum atomic E-state index is -0.745. The predicted molar refractivity (Wildman–Crippen MR) is 197 cm³/mol. The molecule has 1 aliphatic heterocycles. The molecule has 1 atom stereocenters. The third-order valence-corrected chi connectivity index (χ3v) is 7.96. The van der Waals surface area contributed by atoms with Crippen molar-refractivity contribution < 1.29 is 14.3 Å². The van der Waals surface area contributed by atoms with Crippen LogP contribution in [0, 0.1) is 0 Å². The summed E-state index contributed by atoms with van der Waals surface area (Å²) in [5, 5.41) is 10.8. The summed E-state index contributed by atoms with van der Waals surface area (Å²) < 4.78 is 12.6. The second-order valence-corrected chi connectivity index (χ2v) is 11.1. The van der Waals surface area contributed by atoms with Crippen molar-refractivity contribution in [3.63, 3.8) is 0 Å². The molecule has 0 saturated carbocycles. The normalized spacial score (nSPS) is 13.7. The summed E-state index contributed by atoms with van der Waals surface area (Å²) in [5.74, 6) is -0.194. The monoisotopic (exact) mass is 624 g/mol. The highest BCUT2D eigenvalue weighted by Crippen LogP contribution is 2.38. The zero-order valence-corrected chi connectivity index (χ0v) is 26.9. The molecule has 3 heterocycles. The zero-order valence-electron chi connectivity index (χ0n) is 26.9. The number of hydrogen-bond acceptors (Lipinski definition) is 9. The van der Waals surface area contributed by atoms with Crippen molar-refractivity contribution in [1.82, 2.24) is 24.6 Å². The summed E-state index contributed by atoms with van der Waals surface area (Å²) in [6, 6.07) is 5.16. The maximum absolute atomic E-state index is 12.4. The van der Waals surface area contributed by atoms with Crippen molar-refractivity contribution >= 4 is 117 Å². The van der Waals surface area contributed by atoms with Crippen LogP contribution in [0.1, 0.15) is 11.5 Å². The van der Waals surface area contributed by atoms with Gasteiger partial charge in [-0.25, -0.2) is 9.67 Å². The van der Waals surface area contributed by atoms with Crippen LogP contribution in [0.3, 0.4) is 0 Å². The molecule has 18 heteroatoms. The smallest absolute Gasteiger partial charge is 0.247 e. The fourth-order valence-corrected chi connectivity index (χ4v) is 5.29. The van der Waals surface area contributed by atoms with Crippen molar-refractivity contribution in [3.8, 4) is 22.8 Å². The zero-order chi connectivity index (χ0) is 34.9. The van der Waals surface area contributed by atoms with Crippen LogP contribution in [0.2, 0.25) is 0 Å². The number of aromatic nitrogens is 4. The van der Waals surface area contributed by atoms with Crippen LogP contribution >= 0.6 is 0 Å². The van der Waals surface area contributed by atoms with Crippen LogP contribution in [-0.2, 0) is 9.53 Å². The lowest BCUT2D eigenvalue weighted by Crippen LogP contribution is -2.55. The molecular formula is C30H27B7N8O3. The van der Waals surface area contributed by atoms with Crippen LogP contribution in [0.15, 0.2) is 37.1 Å². The number of nitrogens with one attached hydrogen (secondary N) is 2. The van der Waals surface area contributed by atoms with Gasteiger partial charge in [0, 0.05) is 31.4 Å². The van der Waals surface area contributed by atoms with E-state index >= 15 is 0 Å². The Balaban J connectivity index is 1.60. The van der Waals surface area contributed by atoms with Gasteiger partial charge in [-0.2, -0.15) is 10.1 Å². The summed E-state index contributed by atoms with van der Waals surface area (Å²) >= 11 is 0. The van der Waals surface area contributed by atoms with E-state index < -0.39 is 5.94 Å². The molecule has 1 unspecified atom stereocenters. The van der Waals surface area contributed by atoms with Gasteiger partial charge in [0.15, 0.2) is 5.82 Å². The van der Waals surface area contributed by atoms with E-state index in [1.54, 1.807) is 38.2 Å². The van der Waals surface area contributed by atoms with E-state index in [1.807, 2.05) is 6.07 Å². The largest absolute Gasteiger partial charge is 0.494 e. The number of hydrogen-bond donors (Lipinski definition) is 2. The Morgan fingerprint density at radius 2 is 1.69 bits per heavy atom. The topological polar surface area (TPSA) is 110 Å². The first-order valence-corrected chi connectivity index (χ1v) is 14.8. The molecule has 14 radical (unpaired) electrons. The molecule has 0 spiro atoms. The van der Waals surface area contributed by atoms with Gasteiger partial charge in [-0.1, -0.05) is 17.5 Å². The molecule has 2 aromatic carbocycles. The molecule has 11 nitrogen and oxygen atoms in total. The summed E-state index contributed by atoms with van der Waals surface area (Å²) in [6.45, 7) is 5.95. The molecule has 4 aromatic rings. The Bertz CT molecular complexity index is 1850. The highest BCUT2D eigenvalue weighted by Gasteiger charge is 2.26. The van der Waals surface area contributed by atoms with E-state index in [4.69, 9.17) is 69.5 Å². The van der Waals surface area contributed by atoms with Crippen LogP contribution < -0.4 is 53.2 Å². The van der Waals surface area contributed by atoms with E-state index in [1.165, 1.54) is 17.0 Å². The first-order chi connectivity index (χ1) is 22.9. The Kier molecular flexibility index (Phi) is 10.5. The number of amides is 1. The highest BCUT2D eigenvalue weighted by atomic mass is 16.5. The van der Waals surface area contributed by atoms with Crippen molar-refractivity contribution in [2.45, 2.75) is 5.94 Å².